The molecule has 1 aromatic rings. The number of hydrogen-bond acceptors (Lipinski definition) is 5. The van der Waals surface area contributed by atoms with Crippen molar-refractivity contribution in [3.8, 4) is 0 Å². The first-order valence-electron chi connectivity index (χ1n) is 9.79. The molecule has 1 saturated heterocycles. The van der Waals surface area contributed by atoms with Gasteiger partial charge in [-0.3, -0.25) is 9.69 Å². The van der Waals surface area contributed by atoms with E-state index in [9.17, 15) is 22.8 Å². The predicted octanol–water partition coefficient (Wildman–Crippen LogP) is 4.21. The molecule has 2 atom stereocenters. The highest BCUT2D eigenvalue weighted by molar-refractivity contribution is 5.69. The number of carbonyl (C=O) groups excluding carboxylic acids is 2. The SMILES string of the molecule is CC1CN(Cc2ccc(COC=O)cc2C(F)(F)F)CC(C)N1C(=O)OC(C)(C)C. The lowest BCUT2D eigenvalue weighted by Gasteiger charge is -2.44. The van der Waals surface area contributed by atoms with E-state index in [4.69, 9.17) is 4.74 Å². The quantitative estimate of drug-likeness (QED) is 0.655. The molecule has 0 bridgehead atoms. The highest BCUT2D eigenvalue weighted by Crippen LogP contribution is 2.34. The monoisotopic (exact) mass is 430 g/mol. The Morgan fingerprint density at radius 3 is 2.27 bits per heavy atom. The summed E-state index contributed by atoms with van der Waals surface area (Å²) in [5, 5.41) is 0. The van der Waals surface area contributed by atoms with Crippen LogP contribution in [0.2, 0.25) is 0 Å². The van der Waals surface area contributed by atoms with Crippen molar-refractivity contribution < 1.29 is 32.2 Å². The molecule has 1 amide bonds. The Hall–Kier alpha value is -2.29. The van der Waals surface area contributed by atoms with Gasteiger partial charge < -0.3 is 14.4 Å². The Balaban J connectivity index is 2.16. The third-order valence-electron chi connectivity index (χ3n) is 4.79. The molecule has 0 aromatic heterocycles. The topological polar surface area (TPSA) is 59.1 Å². The average Bonchev–Trinajstić information content (AvgIpc) is 2.57. The summed E-state index contributed by atoms with van der Waals surface area (Å²) in [6.45, 7) is 10.0. The van der Waals surface area contributed by atoms with Crippen molar-refractivity contribution in [1.82, 2.24) is 9.80 Å². The summed E-state index contributed by atoms with van der Waals surface area (Å²) >= 11 is 0. The molecule has 2 unspecified atom stereocenters. The van der Waals surface area contributed by atoms with Gasteiger partial charge in [0.2, 0.25) is 0 Å². The van der Waals surface area contributed by atoms with Crippen LogP contribution in [0.1, 0.15) is 51.3 Å². The summed E-state index contributed by atoms with van der Waals surface area (Å²) in [6.07, 6.45) is -4.94. The zero-order chi connectivity index (χ0) is 22.7. The molecule has 6 nitrogen and oxygen atoms in total. The van der Waals surface area contributed by atoms with Crippen molar-refractivity contribution in [2.45, 2.75) is 71.6 Å². The van der Waals surface area contributed by atoms with Crippen LogP contribution in [0.4, 0.5) is 18.0 Å². The maximum Gasteiger partial charge on any atom is 0.416 e. The maximum atomic E-state index is 13.6. The third kappa shape index (κ3) is 6.35. The lowest BCUT2D eigenvalue weighted by molar-refractivity contribution is -0.138. The fourth-order valence-electron chi connectivity index (χ4n) is 3.72. The van der Waals surface area contributed by atoms with E-state index < -0.39 is 23.4 Å². The standard InChI is InChI=1S/C21H29F3N2O4/c1-14-9-25(10-15(2)26(14)19(28)30-20(3,4)5)11-17-7-6-16(12-29-13-27)8-18(17)21(22,23)24/h6-8,13-15H,9-12H2,1-5H3. The van der Waals surface area contributed by atoms with Gasteiger partial charge in [0, 0.05) is 31.7 Å². The van der Waals surface area contributed by atoms with E-state index in [0.717, 1.165) is 6.07 Å². The van der Waals surface area contributed by atoms with Gasteiger partial charge in [0.25, 0.3) is 6.47 Å². The first kappa shape index (κ1) is 24.0. The van der Waals surface area contributed by atoms with E-state index in [-0.39, 0.29) is 42.8 Å². The fraction of sp³-hybridized carbons (Fsp3) is 0.619. The van der Waals surface area contributed by atoms with Crippen LogP contribution in [0.15, 0.2) is 18.2 Å². The molecule has 30 heavy (non-hydrogen) atoms. The summed E-state index contributed by atoms with van der Waals surface area (Å²) < 4.78 is 50.8. The fourth-order valence-corrected chi connectivity index (χ4v) is 3.72. The first-order valence-corrected chi connectivity index (χ1v) is 9.79. The highest BCUT2D eigenvalue weighted by Gasteiger charge is 2.37. The summed E-state index contributed by atoms with van der Waals surface area (Å²) in [5.74, 6) is 0. The Bertz CT molecular complexity index is 750. The Kier molecular flexibility index (Phi) is 7.39. The molecule has 0 N–H and O–H groups in total. The van der Waals surface area contributed by atoms with Crippen LogP contribution in [0.25, 0.3) is 0 Å². The Morgan fingerprint density at radius 2 is 1.77 bits per heavy atom. The van der Waals surface area contributed by atoms with E-state index in [0.29, 0.717) is 13.1 Å². The van der Waals surface area contributed by atoms with Gasteiger partial charge in [-0.15, -0.1) is 0 Å². The summed E-state index contributed by atoms with van der Waals surface area (Å²) in [7, 11) is 0. The van der Waals surface area contributed by atoms with E-state index in [1.165, 1.54) is 12.1 Å². The van der Waals surface area contributed by atoms with Crippen LogP contribution in [-0.2, 0) is 33.6 Å². The normalized spacial score (nSPS) is 20.7. The second-order valence-electron chi connectivity index (χ2n) is 8.68. The van der Waals surface area contributed by atoms with E-state index >= 15 is 0 Å². The Morgan fingerprint density at radius 1 is 1.17 bits per heavy atom. The number of ether oxygens (including phenoxy) is 2. The zero-order valence-electron chi connectivity index (χ0n) is 18.0. The molecule has 0 saturated carbocycles. The Labute approximate surface area is 174 Å². The lowest BCUT2D eigenvalue weighted by atomic mass is 10.0. The first-order chi connectivity index (χ1) is 13.8. The van der Waals surface area contributed by atoms with Crippen LogP contribution in [0.5, 0.6) is 0 Å². The number of carbonyl (C=O) groups is 2. The number of amides is 1. The third-order valence-corrected chi connectivity index (χ3v) is 4.79. The van der Waals surface area contributed by atoms with Gasteiger partial charge in [-0.25, -0.2) is 4.79 Å². The molecule has 1 heterocycles. The number of halogens is 3. The summed E-state index contributed by atoms with van der Waals surface area (Å²) in [5.41, 5.74) is -0.952. The van der Waals surface area contributed by atoms with Crippen molar-refractivity contribution in [3.05, 3.63) is 34.9 Å². The zero-order valence-corrected chi connectivity index (χ0v) is 18.0. The van der Waals surface area contributed by atoms with Gasteiger partial charge in [0.1, 0.15) is 12.2 Å². The second kappa shape index (κ2) is 9.24. The number of benzene rings is 1. The van der Waals surface area contributed by atoms with E-state index in [2.05, 4.69) is 4.74 Å². The smallest absolute Gasteiger partial charge is 0.416 e. The molecule has 0 radical (unpaired) electrons. The van der Waals surface area contributed by atoms with Gasteiger partial charge in [-0.1, -0.05) is 12.1 Å². The van der Waals surface area contributed by atoms with Crippen molar-refractivity contribution in [2.75, 3.05) is 13.1 Å². The average molecular weight is 430 g/mol. The molecule has 1 fully saturated rings. The van der Waals surface area contributed by atoms with E-state index in [1.54, 1.807) is 25.7 Å². The van der Waals surface area contributed by atoms with Gasteiger partial charge in [0.05, 0.1) is 5.56 Å². The molecule has 1 aromatic carbocycles. The van der Waals surface area contributed by atoms with Crippen molar-refractivity contribution in [3.63, 3.8) is 0 Å². The minimum atomic E-state index is -4.53. The van der Waals surface area contributed by atoms with Crippen LogP contribution < -0.4 is 0 Å². The molecule has 0 aliphatic carbocycles. The minimum Gasteiger partial charge on any atom is -0.463 e. The van der Waals surface area contributed by atoms with Crippen LogP contribution in [0, 0.1) is 0 Å². The summed E-state index contributed by atoms with van der Waals surface area (Å²) in [6, 6.07) is 3.54. The van der Waals surface area contributed by atoms with Gasteiger partial charge in [0.15, 0.2) is 0 Å². The van der Waals surface area contributed by atoms with Gasteiger partial charge in [-0.2, -0.15) is 13.2 Å². The molecule has 1 aliphatic rings. The molecule has 1 aliphatic heterocycles. The van der Waals surface area contributed by atoms with Crippen LogP contribution in [0.3, 0.4) is 0 Å². The number of nitrogens with zero attached hydrogens (tertiary/aromatic N) is 2. The number of hydrogen-bond donors (Lipinski definition) is 0. The second-order valence-corrected chi connectivity index (χ2v) is 8.68. The lowest BCUT2D eigenvalue weighted by Crippen LogP contribution is -2.59. The van der Waals surface area contributed by atoms with Crippen LogP contribution >= 0.6 is 0 Å². The molecule has 168 valence electrons. The minimum absolute atomic E-state index is 0.0977. The van der Waals surface area contributed by atoms with E-state index in [1.807, 2.05) is 18.7 Å². The highest BCUT2D eigenvalue weighted by atomic mass is 19.4. The largest absolute Gasteiger partial charge is 0.463 e. The molecular weight excluding hydrogens is 401 g/mol. The van der Waals surface area contributed by atoms with Gasteiger partial charge in [-0.05, 0) is 51.8 Å². The van der Waals surface area contributed by atoms with Gasteiger partial charge >= 0.3 is 12.3 Å². The summed E-state index contributed by atoms with van der Waals surface area (Å²) in [4.78, 5) is 26.4. The van der Waals surface area contributed by atoms with Crippen molar-refractivity contribution in [1.29, 1.82) is 0 Å². The number of piperazine rings is 1. The van der Waals surface area contributed by atoms with Crippen molar-refractivity contribution in [2.24, 2.45) is 0 Å². The molecule has 2 rings (SSSR count). The predicted molar refractivity (Wildman–Crippen MR) is 105 cm³/mol. The number of rotatable bonds is 5. The van der Waals surface area contributed by atoms with Crippen LogP contribution in [-0.4, -0.2) is 53.1 Å². The maximum absolute atomic E-state index is 13.6. The number of alkyl halides is 3. The molecule has 9 heteroatoms. The molecule has 0 spiro atoms. The molecular formula is C21H29F3N2O4. The van der Waals surface area contributed by atoms with Crippen molar-refractivity contribution >= 4 is 12.6 Å².